The van der Waals surface area contributed by atoms with E-state index in [1.54, 1.807) is 19.5 Å². The monoisotopic (exact) mass is 207 g/mol. The molecule has 0 unspecified atom stereocenters. The molecular weight excluding hydrogens is 190 g/mol. The molecule has 0 radical (unpaired) electrons. The summed E-state index contributed by atoms with van der Waals surface area (Å²) in [5, 5.41) is 0. The average molecular weight is 207 g/mol. The number of nitrogens with zero attached hydrogens (tertiary/aromatic N) is 1. The Labute approximate surface area is 90.5 Å². The second kappa shape index (κ2) is 5.03. The summed E-state index contributed by atoms with van der Waals surface area (Å²) in [7, 11) is 1.62. The average Bonchev–Trinajstić information content (AvgIpc) is 2.18. The summed E-state index contributed by atoms with van der Waals surface area (Å²) in [5.74, 6) is 0.188. The zero-order valence-electron chi connectivity index (χ0n) is 9.49. The molecule has 0 bridgehead atoms. The second-order valence-electron chi connectivity index (χ2n) is 4.21. The summed E-state index contributed by atoms with van der Waals surface area (Å²) < 4.78 is 5.21. The number of carbonyl (C=O) groups is 1. The summed E-state index contributed by atoms with van der Waals surface area (Å²) in [6.45, 7) is 3.83. The molecule has 0 atom stereocenters. The van der Waals surface area contributed by atoms with E-state index < -0.39 is 0 Å². The molecule has 0 aliphatic carbocycles. The van der Waals surface area contributed by atoms with Gasteiger partial charge in [-0.1, -0.05) is 0 Å². The first-order valence-corrected chi connectivity index (χ1v) is 4.99. The molecule has 0 aromatic carbocycles. The van der Waals surface area contributed by atoms with Crippen molar-refractivity contribution in [3.05, 3.63) is 30.1 Å². The van der Waals surface area contributed by atoms with Crippen LogP contribution >= 0.6 is 0 Å². The van der Waals surface area contributed by atoms with Crippen molar-refractivity contribution in [3.63, 3.8) is 0 Å². The van der Waals surface area contributed by atoms with Crippen LogP contribution in [0.4, 0.5) is 0 Å². The highest BCUT2D eigenvalue weighted by Crippen LogP contribution is 2.14. The Kier molecular flexibility index (Phi) is 3.97. The van der Waals surface area contributed by atoms with Crippen LogP contribution in [0.1, 0.15) is 25.8 Å². The molecule has 0 fully saturated rings. The van der Waals surface area contributed by atoms with Crippen molar-refractivity contribution in [1.82, 2.24) is 4.98 Å². The minimum atomic E-state index is -0.371. The van der Waals surface area contributed by atoms with E-state index >= 15 is 0 Å². The fourth-order valence-electron chi connectivity index (χ4n) is 1.34. The number of hydrogen-bond donors (Lipinski definition) is 0. The van der Waals surface area contributed by atoms with Gasteiger partial charge in [0, 0.05) is 32.3 Å². The molecule has 15 heavy (non-hydrogen) atoms. The molecule has 0 N–H and O–H groups in total. The summed E-state index contributed by atoms with van der Waals surface area (Å²) >= 11 is 0. The highest BCUT2D eigenvalue weighted by Gasteiger charge is 2.20. The Morgan fingerprint density at radius 3 is 2.53 bits per heavy atom. The van der Waals surface area contributed by atoms with Gasteiger partial charge in [-0.25, -0.2) is 0 Å². The van der Waals surface area contributed by atoms with Gasteiger partial charge in [0.2, 0.25) is 0 Å². The predicted octanol–water partition coefficient (Wildman–Crippen LogP) is 2.01. The Hall–Kier alpha value is -1.22. The number of methoxy groups -OCH3 is 1. The van der Waals surface area contributed by atoms with Gasteiger partial charge in [-0.3, -0.25) is 9.78 Å². The van der Waals surface area contributed by atoms with Gasteiger partial charge in [0.15, 0.2) is 0 Å². The van der Waals surface area contributed by atoms with Crippen LogP contribution in [0.5, 0.6) is 0 Å². The van der Waals surface area contributed by atoms with E-state index in [0.29, 0.717) is 12.8 Å². The van der Waals surface area contributed by atoms with Crippen LogP contribution in [-0.2, 0) is 16.0 Å². The highest BCUT2D eigenvalue weighted by atomic mass is 16.5. The molecule has 0 aliphatic heterocycles. The molecular formula is C12H17NO2. The van der Waals surface area contributed by atoms with Crippen molar-refractivity contribution >= 4 is 5.78 Å². The van der Waals surface area contributed by atoms with Crippen molar-refractivity contribution < 1.29 is 9.53 Å². The minimum Gasteiger partial charge on any atom is -0.378 e. The van der Waals surface area contributed by atoms with Crippen LogP contribution in [-0.4, -0.2) is 23.5 Å². The Bertz CT molecular complexity index is 320. The van der Waals surface area contributed by atoms with E-state index in [4.69, 9.17) is 4.74 Å². The minimum absolute atomic E-state index is 0.188. The smallest absolute Gasteiger partial charge is 0.140 e. The van der Waals surface area contributed by atoms with Crippen molar-refractivity contribution in [3.8, 4) is 0 Å². The molecule has 1 heterocycles. The first-order chi connectivity index (χ1) is 7.03. The topological polar surface area (TPSA) is 39.2 Å². The quantitative estimate of drug-likeness (QED) is 0.741. The normalized spacial score (nSPS) is 11.4. The molecule has 0 aliphatic rings. The molecule has 0 saturated carbocycles. The van der Waals surface area contributed by atoms with Crippen LogP contribution < -0.4 is 0 Å². The maximum atomic E-state index is 11.7. The number of aromatic nitrogens is 1. The summed E-state index contributed by atoms with van der Waals surface area (Å²) in [4.78, 5) is 15.6. The number of ether oxygens (including phenoxy) is 1. The lowest BCUT2D eigenvalue weighted by atomic mass is 9.98. The van der Waals surface area contributed by atoms with E-state index in [-0.39, 0.29) is 11.4 Å². The largest absolute Gasteiger partial charge is 0.378 e. The number of ketones is 1. The number of pyridine rings is 1. The van der Waals surface area contributed by atoms with Crippen molar-refractivity contribution in [2.45, 2.75) is 32.3 Å². The fourth-order valence-corrected chi connectivity index (χ4v) is 1.34. The molecule has 3 heteroatoms. The Morgan fingerprint density at radius 1 is 1.40 bits per heavy atom. The third-order valence-electron chi connectivity index (χ3n) is 2.33. The van der Waals surface area contributed by atoms with E-state index in [9.17, 15) is 4.79 Å². The van der Waals surface area contributed by atoms with Crippen LogP contribution in [0, 0.1) is 0 Å². The Balaban J connectivity index is 2.51. The van der Waals surface area contributed by atoms with Gasteiger partial charge in [0.25, 0.3) is 0 Å². The number of carbonyl (C=O) groups excluding carboxylic acids is 1. The van der Waals surface area contributed by atoms with Gasteiger partial charge in [0.05, 0.1) is 5.60 Å². The Morgan fingerprint density at radius 2 is 2.00 bits per heavy atom. The van der Waals surface area contributed by atoms with Gasteiger partial charge in [0.1, 0.15) is 5.78 Å². The predicted molar refractivity (Wildman–Crippen MR) is 58.7 cm³/mol. The SMILES string of the molecule is COC(C)(C)CC(=O)Cc1ccncc1. The first-order valence-electron chi connectivity index (χ1n) is 4.99. The summed E-state index contributed by atoms with van der Waals surface area (Å²) in [6.07, 6.45) is 4.29. The molecule has 1 rings (SSSR count). The molecule has 0 saturated heterocycles. The van der Waals surface area contributed by atoms with Gasteiger partial charge in [-0.05, 0) is 31.5 Å². The molecule has 82 valence electrons. The van der Waals surface area contributed by atoms with E-state index in [0.717, 1.165) is 5.56 Å². The lowest BCUT2D eigenvalue weighted by molar-refractivity contribution is -0.123. The zero-order valence-corrected chi connectivity index (χ0v) is 9.49. The van der Waals surface area contributed by atoms with Crippen LogP contribution in [0.15, 0.2) is 24.5 Å². The highest BCUT2D eigenvalue weighted by molar-refractivity contribution is 5.81. The number of rotatable bonds is 5. The van der Waals surface area contributed by atoms with Crippen LogP contribution in [0.25, 0.3) is 0 Å². The lowest BCUT2D eigenvalue weighted by Crippen LogP contribution is -2.27. The molecule has 1 aromatic heterocycles. The summed E-state index contributed by atoms with van der Waals surface area (Å²) in [6, 6.07) is 3.72. The van der Waals surface area contributed by atoms with E-state index in [2.05, 4.69) is 4.98 Å². The zero-order chi connectivity index (χ0) is 11.3. The lowest BCUT2D eigenvalue weighted by Gasteiger charge is -2.21. The number of Topliss-reactive ketones (excluding diaryl/α,β-unsaturated/α-hetero) is 1. The third kappa shape index (κ3) is 4.21. The van der Waals surface area contributed by atoms with Crippen molar-refractivity contribution in [1.29, 1.82) is 0 Å². The molecule has 1 aromatic rings. The molecule has 3 nitrogen and oxygen atoms in total. The van der Waals surface area contributed by atoms with Gasteiger partial charge in [-0.2, -0.15) is 0 Å². The van der Waals surface area contributed by atoms with Gasteiger partial charge in [-0.15, -0.1) is 0 Å². The van der Waals surface area contributed by atoms with Gasteiger partial charge >= 0.3 is 0 Å². The van der Waals surface area contributed by atoms with Crippen molar-refractivity contribution in [2.75, 3.05) is 7.11 Å². The molecule has 0 amide bonds. The standard InChI is InChI=1S/C12H17NO2/c1-12(2,15-3)9-11(14)8-10-4-6-13-7-5-10/h4-7H,8-9H2,1-3H3. The van der Waals surface area contributed by atoms with E-state index in [1.807, 2.05) is 26.0 Å². The summed E-state index contributed by atoms with van der Waals surface area (Å²) in [5.41, 5.74) is 0.631. The maximum Gasteiger partial charge on any atom is 0.140 e. The second-order valence-corrected chi connectivity index (χ2v) is 4.21. The van der Waals surface area contributed by atoms with Crippen LogP contribution in [0.2, 0.25) is 0 Å². The van der Waals surface area contributed by atoms with Crippen molar-refractivity contribution in [2.24, 2.45) is 0 Å². The van der Waals surface area contributed by atoms with Crippen LogP contribution in [0.3, 0.4) is 0 Å². The number of hydrogen-bond acceptors (Lipinski definition) is 3. The fraction of sp³-hybridized carbons (Fsp3) is 0.500. The van der Waals surface area contributed by atoms with Gasteiger partial charge < -0.3 is 4.74 Å². The first kappa shape index (κ1) is 11.9. The molecule has 0 spiro atoms. The maximum absolute atomic E-state index is 11.7. The van der Waals surface area contributed by atoms with E-state index in [1.165, 1.54) is 0 Å². The third-order valence-corrected chi connectivity index (χ3v) is 2.33.